The van der Waals surface area contributed by atoms with E-state index in [9.17, 15) is 14.0 Å². The molecule has 1 heterocycles. The van der Waals surface area contributed by atoms with E-state index in [1.54, 1.807) is 12.1 Å². The molecule has 0 radical (unpaired) electrons. The van der Waals surface area contributed by atoms with Crippen molar-refractivity contribution in [2.75, 3.05) is 7.11 Å². The van der Waals surface area contributed by atoms with Crippen LogP contribution in [0.15, 0.2) is 43.9 Å². The highest BCUT2D eigenvalue weighted by atomic mass is 79.9. The minimum absolute atomic E-state index is 0.146. The van der Waals surface area contributed by atoms with Crippen LogP contribution in [0.5, 0.6) is 0 Å². The zero-order chi connectivity index (χ0) is 16.1. The second kappa shape index (κ2) is 7.32. The first-order valence-electron chi connectivity index (χ1n) is 5.85. The highest BCUT2D eigenvalue weighted by molar-refractivity contribution is 9.10. The SMILES string of the molecule is COC(=O)/C=C1/S/C(=N\N=Cc2c(F)cccc2Br)NC1=O. The molecule has 0 aliphatic carbocycles. The van der Waals surface area contributed by atoms with Crippen LogP contribution in [0.4, 0.5) is 4.39 Å². The monoisotopic (exact) mass is 385 g/mol. The fourth-order valence-corrected chi connectivity index (χ4v) is 2.60. The number of halogens is 2. The molecule has 6 nitrogen and oxygen atoms in total. The van der Waals surface area contributed by atoms with Gasteiger partial charge in [-0.3, -0.25) is 10.1 Å². The molecule has 1 aromatic rings. The van der Waals surface area contributed by atoms with Gasteiger partial charge in [-0.25, -0.2) is 9.18 Å². The third-order valence-corrected chi connectivity index (χ3v) is 4.03. The number of carbonyl (C=O) groups excluding carboxylic acids is 2. The molecular weight excluding hydrogens is 377 g/mol. The van der Waals surface area contributed by atoms with Crippen molar-refractivity contribution >= 4 is 51.0 Å². The van der Waals surface area contributed by atoms with Crippen LogP contribution in [0.2, 0.25) is 0 Å². The van der Waals surface area contributed by atoms with E-state index in [1.165, 1.54) is 19.4 Å². The topological polar surface area (TPSA) is 80.1 Å². The van der Waals surface area contributed by atoms with Gasteiger partial charge < -0.3 is 4.74 Å². The molecular formula is C13H9BrFN3O3S. The van der Waals surface area contributed by atoms with E-state index in [0.29, 0.717) is 4.47 Å². The van der Waals surface area contributed by atoms with Crippen LogP contribution in [0.25, 0.3) is 0 Å². The molecule has 0 aromatic heterocycles. The third-order valence-electron chi connectivity index (χ3n) is 2.44. The number of thioether (sulfide) groups is 1. The van der Waals surface area contributed by atoms with Gasteiger partial charge in [-0.05, 0) is 23.9 Å². The number of hydrogen-bond donors (Lipinski definition) is 1. The quantitative estimate of drug-likeness (QED) is 0.374. The average Bonchev–Trinajstić information content (AvgIpc) is 2.82. The Hall–Kier alpha value is -2.00. The van der Waals surface area contributed by atoms with Crippen molar-refractivity contribution in [3.63, 3.8) is 0 Å². The van der Waals surface area contributed by atoms with E-state index in [-0.39, 0.29) is 15.6 Å². The lowest BCUT2D eigenvalue weighted by atomic mass is 10.2. The summed E-state index contributed by atoms with van der Waals surface area (Å²) in [6, 6.07) is 4.52. The summed E-state index contributed by atoms with van der Waals surface area (Å²) in [6.45, 7) is 0. The molecule has 1 aliphatic heterocycles. The van der Waals surface area contributed by atoms with E-state index in [0.717, 1.165) is 17.8 Å². The van der Waals surface area contributed by atoms with Crippen LogP contribution in [-0.4, -0.2) is 30.4 Å². The maximum atomic E-state index is 13.6. The molecule has 0 saturated carbocycles. The van der Waals surface area contributed by atoms with Gasteiger partial charge in [-0.1, -0.05) is 22.0 Å². The number of methoxy groups -OCH3 is 1. The Morgan fingerprint density at radius 1 is 1.50 bits per heavy atom. The molecule has 2 rings (SSSR count). The number of carbonyl (C=O) groups is 2. The van der Waals surface area contributed by atoms with Crippen molar-refractivity contribution in [1.82, 2.24) is 5.32 Å². The molecule has 1 N–H and O–H groups in total. The van der Waals surface area contributed by atoms with Gasteiger partial charge in [0.25, 0.3) is 5.91 Å². The molecule has 114 valence electrons. The first kappa shape index (κ1) is 16.4. The number of ether oxygens (including phenoxy) is 1. The lowest BCUT2D eigenvalue weighted by molar-refractivity contribution is -0.135. The number of amides is 1. The number of hydrogen-bond acceptors (Lipinski definition) is 6. The number of nitrogens with one attached hydrogen (secondary N) is 1. The van der Waals surface area contributed by atoms with E-state index in [4.69, 9.17) is 0 Å². The van der Waals surface area contributed by atoms with Crippen molar-refractivity contribution in [2.45, 2.75) is 0 Å². The summed E-state index contributed by atoms with van der Waals surface area (Å²) in [6.07, 6.45) is 2.28. The Bertz CT molecular complexity index is 698. The van der Waals surface area contributed by atoms with E-state index in [1.807, 2.05) is 0 Å². The normalized spacial score (nSPS) is 18.2. The van der Waals surface area contributed by atoms with E-state index >= 15 is 0 Å². The number of esters is 1. The van der Waals surface area contributed by atoms with Gasteiger partial charge in [-0.15, -0.1) is 5.10 Å². The van der Waals surface area contributed by atoms with E-state index < -0.39 is 17.7 Å². The molecule has 1 aliphatic rings. The molecule has 1 fully saturated rings. The lowest BCUT2D eigenvalue weighted by Gasteiger charge is -1.97. The Labute approximate surface area is 137 Å². The minimum Gasteiger partial charge on any atom is -0.466 e. The summed E-state index contributed by atoms with van der Waals surface area (Å²) < 4.78 is 18.5. The van der Waals surface area contributed by atoms with Crippen molar-refractivity contribution < 1.29 is 18.7 Å². The van der Waals surface area contributed by atoms with Crippen LogP contribution >= 0.6 is 27.7 Å². The molecule has 9 heteroatoms. The summed E-state index contributed by atoms with van der Waals surface area (Å²) in [5, 5.41) is 10.1. The fraction of sp³-hybridized carbons (Fsp3) is 0.0769. The molecule has 0 spiro atoms. The number of nitrogens with zero attached hydrogens (tertiary/aromatic N) is 2. The Morgan fingerprint density at radius 2 is 2.27 bits per heavy atom. The summed E-state index contributed by atoms with van der Waals surface area (Å²) in [5.74, 6) is -1.57. The summed E-state index contributed by atoms with van der Waals surface area (Å²) in [5.41, 5.74) is 0.242. The fourth-order valence-electron chi connectivity index (χ4n) is 1.41. The highest BCUT2D eigenvalue weighted by Gasteiger charge is 2.25. The molecule has 0 unspecified atom stereocenters. The van der Waals surface area contributed by atoms with Crippen LogP contribution in [0.3, 0.4) is 0 Å². The molecule has 1 saturated heterocycles. The first-order valence-corrected chi connectivity index (χ1v) is 7.46. The van der Waals surface area contributed by atoms with Crippen LogP contribution in [0.1, 0.15) is 5.56 Å². The van der Waals surface area contributed by atoms with Gasteiger partial charge in [0, 0.05) is 16.1 Å². The van der Waals surface area contributed by atoms with Crippen LogP contribution in [0, 0.1) is 5.82 Å². The Morgan fingerprint density at radius 3 is 2.95 bits per heavy atom. The molecule has 1 amide bonds. The zero-order valence-corrected chi connectivity index (χ0v) is 13.6. The minimum atomic E-state index is -0.641. The summed E-state index contributed by atoms with van der Waals surface area (Å²) in [4.78, 5) is 22.8. The number of benzene rings is 1. The van der Waals surface area contributed by atoms with Gasteiger partial charge in [0.2, 0.25) is 0 Å². The van der Waals surface area contributed by atoms with Gasteiger partial charge in [0.1, 0.15) is 5.82 Å². The van der Waals surface area contributed by atoms with Gasteiger partial charge in [-0.2, -0.15) is 5.10 Å². The van der Waals surface area contributed by atoms with Crippen molar-refractivity contribution in [1.29, 1.82) is 0 Å². The van der Waals surface area contributed by atoms with Crippen LogP contribution < -0.4 is 5.32 Å². The predicted octanol–water partition coefficient (Wildman–Crippen LogP) is 2.20. The van der Waals surface area contributed by atoms with Crippen molar-refractivity contribution in [3.8, 4) is 0 Å². The molecule has 0 bridgehead atoms. The second-order valence-corrected chi connectivity index (χ2v) is 5.76. The standard InChI is InChI=1S/C13H9BrFN3O3S/c1-21-11(19)5-10-12(20)17-13(22-10)18-16-6-7-8(14)3-2-4-9(7)15/h2-6H,1H3,(H,17,18,20)/b10-5+,16-6?. The second-order valence-electron chi connectivity index (χ2n) is 3.87. The van der Waals surface area contributed by atoms with Gasteiger partial charge in [0.15, 0.2) is 5.17 Å². The van der Waals surface area contributed by atoms with Crippen molar-refractivity contribution in [3.05, 3.63) is 45.0 Å². The smallest absolute Gasteiger partial charge is 0.331 e. The number of rotatable bonds is 3. The largest absolute Gasteiger partial charge is 0.466 e. The van der Waals surface area contributed by atoms with Crippen molar-refractivity contribution in [2.24, 2.45) is 10.2 Å². The number of amidine groups is 1. The maximum absolute atomic E-state index is 13.6. The van der Waals surface area contributed by atoms with Crippen LogP contribution in [-0.2, 0) is 14.3 Å². The van der Waals surface area contributed by atoms with Gasteiger partial charge >= 0.3 is 5.97 Å². The Balaban J connectivity index is 2.12. The first-order chi connectivity index (χ1) is 10.5. The highest BCUT2D eigenvalue weighted by Crippen LogP contribution is 2.23. The maximum Gasteiger partial charge on any atom is 0.331 e. The third kappa shape index (κ3) is 4.01. The molecule has 0 atom stereocenters. The molecule has 22 heavy (non-hydrogen) atoms. The Kier molecular flexibility index (Phi) is 5.45. The summed E-state index contributed by atoms with van der Waals surface area (Å²) >= 11 is 4.14. The predicted molar refractivity (Wildman–Crippen MR) is 85.0 cm³/mol. The zero-order valence-electron chi connectivity index (χ0n) is 11.2. The van der Waals surface area contributed by atoms with Gasteiger partial charge in [0.05, 0.1) is 18.2 Å². The summed E-state index contributed by atoms with van der Waals surface area (Å²) in [7, 11) is 1.21. The average molecular weight is 386 g/mol. The lowest BCUT2D eigenvalue weighted by Crippen LogP contribution is -2.19. The van der Waals surface area contributed by atoms with E-state index in [2.05, 4.69) is 36.2 Å². The molecule has 1 aromatic carbocycles.